The van der Waals surface area contributed by atoms with Crippen molar-refractivity contribution in [2.24, 2.45) is 0 Å². The fourth-order valence-corrected chi connectivity index (χ4v) is 2.21. The van der Waals surface area contributed by atoms with E-state index in [1.165, 1.54) is 23.8 Å². The highest BCUT2D eigenvalue weighted by atomic mass is 16.6. The number of carbonyl (C=O) groups is 1. The van der Waals surface area contributed by atoms with E-state index in [-0.39, 0.29) is 23.9 Å². The fraction of sp³-hybridized carbons (Fsp3) is 0.294. The summed E-state index contributed by atoms with van der Waals surface area (Å²) in [5.74, 6) is -0.417. The van der Waals surface area contributed by atoms with Crippen molar-refractivity contribution in [2.75, 3.05) is 0 Å². The SMILES string of the molecule is Cc1cc([N+](=O)[O-])cn(Cc2ccc(C(=O)OC(C)C)cc2)c1=O. The molecule has 1 aromatic heterocycles. The number of pyridine rings is 1. The number of hydrogen-bond donors (Lipinski definition) is 0. The predicted molar refractivity (Wildman–Crippen MR) is 88.2 cm³/mol. The molecule has 0 saturated heterocycles. The van der Waals surface area contributed by atoms with Gasteiger partial charge >= 0.3 is 5.97 Å². The molecule has 24 heavy (non-hydrogen) atoms. The van der Waals surface area contributed by atoms with Gasteiger partial charge in [-0.3, -0.25) is 14.9 Å². The lowest BCUT2D eigenvalue weighted by Crippen LogP contribution is -2.22. The lowest BCUT2D eigenvalue weighted by molar-refractivity contribution is -0.385. The van der Waals surface area contributed by atoms with Gasteiger partial charge in [-0.25, -0.2) is 4.79 Å². The second kappa shape index (κ2) is 7.08. The summed E-state index contributed by atoms with van der Waals surface area (Å²) in [4.78, 5) is 34.3. The third-order valence-corrected chi connectivity index (χ3v) is 3.35. The molecular weight excluding hydrogens is 312 g/mol. The van der Waals surface area contributed by atoms with Gasteiger partial charge in [-0.15, -0.1) is 0 Å². The third-order valence-electron chi connectivity index (χ3n) is 3.35. The standard InChI is InChI=1S/C17H18N2O5/c1-11(2)24-17(21)14-6-4-13(5-7-14)9-18-10-15(19(22)23)8-12(3)16(18)20/h4-8,10-11H,9H2,1-3H3. The Morgan fingerprint density at radius 1 is 1.29 bits per heavy atom. The van der Waals surface area contributed by atoms with Gasteiger partial charge in [0, 0.05) is 11.6 Å². The van der Waals surface area contributed by atoms with Crippen molar-refractivity contribution in [3.05, 3.63) is 73.7 Å². The van der Waals surface area contributed by atoms with Crippen molar-refractivity contribution in [1.29, 1.82) is 0 Å². The molecule has 0 aliphatic rings. The lowest BCUT2D eigenvalue weighted by Gasteiger charge is -2.09. The van der Waals surface area contributed by atoms with Crippen molar-refractivity contribution >= 4 is 11.7 Å². The second-order valence-electron chi connectivity index (χ2n) is 5.72. The smallest absolute Gasteiger partial charge is 0.338 e. The van der Waals surface area contributed by atoms with Crippen LogP contribution in [0.4, 0.5) is 5.69 Å². The number of aromatic nitrogens is 1. The maximum absolute atomic E-state index is 12.1. The number of ether oxygens (including phenoxy) is 1. The minimum absolute atomic E-state index is 0.135. The normalized spacial score (nSPS) is 10.7. The first kappa shape index (κ1) is 17.4. The number of benzene rings is 1. The Morgan fingerprint density at radius 3 is 2.46 bits per heavy atom. The van der Waals surface area contributed by atoms with Crippen LogP contribution in [0.25, 0.3) is 0 Å². The van der Waals surface area contributed by atoms with Crippen molar-refractivity contribution in [3.63, 3.8) is 0 Å². The van der Waals surface area contributed by atoms with Crippen LogP contribution in [0.1, 0.15) is 35.3 Å². The predicted octanol–water partition coefficient (Wildman–Crippen LogP) is 2.68. The van der Waals surface area contributed by atoms with E-state index in [0.717, 1.165) is 5.56 Å². The summed E-state index contributed by atoms with van der Waals surface area (Å²) in [7, 11) is 0. The first-order valence-corrected chi connectivity index (χ1v) is 7.43. The molecule has 0 aliphatic heterocycles. The Labute approximate surface area is 138 Å². The minimum atomic E-state index is -0.534. The van der Waals surface area contributed by atoms with Crippen molar-refractivity contribution in [3.8, 4) is 0 Å². The van der Waals surface area contributed by atoms with E-state index in [0.29, 0.717) is 11.1 Å². The molecule has 0 bridgehead atoms. The van der Waals surface area contributed by atoms with Crippen LogP contribution >= 0.6 is 0 Å². The maximum atomic E-state index is 12.1. The number of hydrogen-bond acceptors (Lipinski definition) is 5. The van der Waals surface area contributed by atoms with E-state index in [2.05, 4.69) is 0 Å². The summed E-state index contributed by atoms with van der Waals surface area (Å²) in [5.41, 5.74) is 1.04. The minimum Gasteiger partial charge on any atom is -0.459 e. The molecule has 0 atom stereocenters. The zero-order valence-electron chi connectivity index (χ0n) is 13.7. The number of carbonyl (C=O) groups excluding carboxylic acids is 1. The van der Waals surface area contributed by atoms with Gasteiger partial charge in [-0.05, 0) is 38.5 Å². The van der Waals surface area contributed by atoms with Crippen molar-refractivity contribution < 1.29 is 14.5 Å². The molecule has 0 N–H and O–H groups in total. The molecule has 7 heteroatoms. The lowest BCUT2D eigenvalue weighted by atomic mass is 10.1. The van der Waals surface area contributed by atoms with Gasteiger partial charge in [0.15, 0.2) is 0 Å². The number of rotatable bonds is 5. The van der Waals surface area contributed by atoms with E-state index in [4.69, 9.17) is 4.74 Å². The summed E-state index contributed by atoms with van der Waals surface area (Å²) in [5, 5.41) is 10.9. The van der Waals surface area contributed by atoms with Gasteiger partial charge in [-0.2, -0.15) is 0 Å². The van der Waals surface area contributed by atoms with E-state index in [9.17, 15) is 19.7 Å². The largest absolute Gasteiger partial charge is 0.459 e. The second-order valence-corrected chi connectivity index (χ2v) is 5.72. The van der Waals surface area contributed by atoms with Gasteiger partial charge in [0.25, 0.3) is 11.2 Å². The quantitative estimate of drug-likeness (QED) is 0.477. The van der Waals surface area contributed by atoms with E-state index in [1.54, 1.807) is 38.1 Å². The highest BCUT2D eigenvalue weighted by Gasteiger charge is 2.12. The van der Waals surface area contributed by atoms with Crippen LogP contribution in [-0.2, 0) is 11.3 Å². The molecule has 0 radical (unpaired) electrons. The first-order chi connectivity index (χ1) is 11.3. The van der Waals surface area contributed by atoms with E-state index >= 15 is 0 Å². The van der Waals surface area contributed by atoms with Crippen LogP contribution in [0.2, 0.25) is 0 Å². The van der Waals surface area contributed by atoms with Gasteiger partial charge in [0.2, 0.25) is 0 Å². The molecule has 7 nitrogen and oxygen atoms in total. The Bertz CT molecular complexity index is 822. The molecule has 0 unspecified atom stereocenters. The summed E-state index contributed by atoms with van der Waals surface area (Å²) < 4.78 is 6.39. The zero-order chi connectivity index (χ0) is 17.9. The zero-order valence-corrected chi connectivity index (χ0v) is 13.7. The van der Waals surface area contributed by atoms with E-state index < -0.39 is 10.9 Å². The van der Waals surface area contributed by atoms with Crippen molar-refractivity contribution in [1.82, 2.24) is 4.57 Å². The molecule has 126 valence electrons. The van der Waals surface area contributed by atoms with Gasteiger partial charge in [0.05, 0.1) is 29.3 Å². The topological polar surface area (TPSA) is 91.4 Å². The number of esters is 1. The summed E-state index contributed by atoms with van der Waals surface area (Å²) in [6, 6.07) is 7.85. The Hall–Kier alpha value is -2.96. The summed E-state index contributed by atoms with van der Waals surface area (Å²) >= 11 is 0. The number of nitro groups is 1. The molecule has 0 aliphatic carbocycles. The molecule has 0 saturated carbocycles. The average Bonchev–Trinajstić information content (AvgIpc) is 2.51. The highest BCUT2D eigenvalue weighted by Crippen LogP contribution is 2.12. The van der Waals surface area contributed by atoms with Crippen molar-refractivity contribution in [2.45, 2.75) is 33.4 Å². The summed E-state index contributed by atoms with van der Waals surface area (Å²) in [6.07, 6.45) is 1.01. The first-order valence-electron chi connectivity index (χ1n) is 7.43. The molecule has 1 aromatic carbocycles. The monoisotopic (exact) mass is 330 g/mol. The van der Waals surface area contributed by atoms with Crippen LogP contribution in [-0.4, -0.2) is 21.6 Å². The maximum Gasteiger partial charge on any atom is 0.338 e. The van der Waals surface area contributed by atoms with Crippen LogP contribution < -0.4 is 5.56 Å². The highest BCUT2D eigenvalue weighted by molar-refractivity contribution is 5.89. The number of nitrogens with zero attached hydrogens (tertiary/aromatic N) is 2. The third kappa shape index (κ3) is 4.07. The summed E-state index contributed by atoms with van der Waals surface area (Å²) in [6.45, 7) is 5.25. The fourth-order valence-electron chi connectivity index (χ4n) is 2.21. The van der Waals surface area contributed by atoms with Crippen LogP contribution in [0.15, 0.2) is 41.3 Å². The molecular formula is C17H18N2O5. The number of aryl methyl sites for hydroxylation is 1. The van der Waals surface area contributed by atoms with Crippen LogP contribution in [0.5, 0.6) is 0 Å². The molecule has 0 amide bonds. The van der Waals surface area contributed by atoms with E-state index in [1.807, 2.05) is 0 Å². The Morgan fingerprint density at radius 2 is 1.92 bits per heavy atom. The molecule has 0 spiro atoms. The van der Waals surface area contributed by atoms with Crippen LogP contribution in [0.3, 0.4) is 0 Å². The Kier molecular flexibility index (Phi) is 5.13. The molecule has 1 heterocycles. The van der Waals surface area contributed by atoms with Crippen LogP contribution in [0, 0.1) is 17.0 Å². The van der Waals surface area contributed by atoms with Gasteiger partial charge in [-0.1, -0.05) is 12.1 Å². The Balaban J connectivity index is 2.24. The van der Waals surface area contributed by atoms with Gasteiger partial charge in [0.1, 0.15) is 0 Å². The molecule has 2 aromatic rings. The average molecular weight is 330 g/mol. The molecule has 0 fully saturated rings. The molecule has 2 rings (SSSR count). The van der Waals surface area contributed by atoms with Gasteiger partial charge < -0.3 is 9.30 Å².